The number of nitrogens with zero attached hydrogens (tertiary/aromatic N) is 2. The molecule has 2 unspecified atom stereocenters. The molecule has 0 aliphatic carbocycles. The fourth-order valence-corrected chi connectivity index (χ4v) is 3.27. The third kappa shape index (κ3) is 2.81. The van der Waals surface area contributed by atoms with E-state index >= 15 is 0 Å². The number of carbonyl (C=O) groups is 2. The van der Waals surface area contributed by atoms with Gasteiger partial charge in [0.25, 0.3) is 5.91 Å². The normalized spacial score (nSPS) is 25.2. The molecule has 3 heterocycles. The monoisotopic (exact) mass is 308 g/mol. The van der Waals surface area contributed by atoms with Gasteiger partial charge in [-0.15, -0.1) is 0 Å². The first kappa shape index (κ1) is 14.1. The lowest BCUT2D eigenvalue weighted by Gasteiger charge is -2.41. The minimum absolute atomic E-state index is 0.112. The van der Waals surface area contributed by atoms with Crippen molar-refractivity contribution >= 4 is 29.2 Å². The lowest BCUT2D eigenvalue weighted by atomic mass is 9.85. The molecule has 1 aromatic rings. The lowest BCUT2D eigenvalue weighted by molar-refractivity contribution is -0.125. The van der Waals surface area contributed by atoms with Crippen LogP contribution in [0.15, 0.2) is 12.3 Å². The van der Waals surface area contributed by atoms with E-state index in [4.69, 9.17) is 17.3 Å². The van der Waals surface area contributed by atoms with Gasteiger partial charge < -0.3 is 16.0 Å². The molecule has 1 aromatic heterocycles. The molecule has 3 N–H and O–H groups in total. The van der Waals surface area contributed by atoms with E-state index in [1.54, 1.807) is 4.90 Å². The minimum Gasteiger partial charge on any atom is -0.384 e. The van der Waals surface area contributed by atoms with Gasteiger partial charge in [-0.3, -0.25) is 9.59 Å². The highest BCUT2D eigenvalue weighted by Crippen LogP contribution is 2.27. The molecule has 2 aliphatic rings. The number of nitrogens with two attached hydrogens (primary N) is 1. The number of amides is 2. The van der Waals surface area contributed by atoms with Crippen molar-refractivity contribution in [3.05, 3.63) is 22.8 Å². The average molecular weight is 309 g/mol. The van der Waals surface area contributed by atoms with Gasteiger partial charge in [0.1, 0.15) is 5.82 Å². The Hall–Kier alpha value is -1.82. The Kier molecular flexibility index (Phi) is 3.71. The van der Waals surface area contributed by atoms with Gasteiger partial charge in [0.15, 0.2) is 0 Å². The Bertz CT molecular complexity index is 592. The van der Waals surface area contributed by atoms with Gasteiger partial charge in [-0.05, 0) is 24.8 Å². The van der Waals surface area contributed by atoms with Gasteiger partial charge in [0, 0.05) is 31.7 Å². The molecule has 2 saturated heterocycles. The Morgan fingerprint density at radius 3 is 3.10 bits per heavy atom. The third-order valence-corrected chi connectivity index (χ3v) is 4.52. The van der Waals surface area contributed by atoms with Crippen LogP contribution in [0.1, 0.15) is 29.6 Å². The summed E-state index contributed by atoms with van der Waals surface area (Å²) in [6.45, 7) is 1.25. The summed E-state index contributed by atoms with van der Waals surface area (Å²) in [5, 5.41) is 3.32. The van der Waals surface area contributed by atoms with Crippen LogP contribution in [0.4, 0.5) is 5.82 Å². The zero-order valence-corrected chi connectivity index (χ0v) is 12.3. The molecule has 3 rings (SSSR count). The fraction of sp³-hybridized carbons (Fsp3) is 0.500. The standard InChI is InChI=1S/C14H17ClN4O2/c15-10-6-17-12(16)5-9(10)14(21)19-4-3-11-8(7-19)1-2-13(20)18-11/h5-6,8,11H,1-4,7H2,(H2,16,17)(H,18,20). The van der Waals surface area contributed by atoms with Crippen LogP contribution in [0.3, 0.4) is 0 Å². The molecule has 0 radical (unpaired) electrons. The Labute approximate surface area is 127 Å². The number of carbonyl (C=O) groups excluding carboxylic acids is 2. The van der Waals surface area contributed by atoms with Gasteiger partial charge >= 0.3 is 0 Å². The van der Waals surface area contributed by atoms with Gasteiger partial charge in [-0.25, -0.2) is 4.98 Å². The van der Waals surface area contributed by atoms with Crippen LogP contribution in [-0.4, -0.2) is 40.8 Å². The highest BCUT2D eigenvalue weighted by molar-refractivity contribution is 6.33. The fourth-order valence-electron chi connectivity index (χ4n) is 3.08. The van der Waals surface area contributed by atoms with Crippen LogP contribution in [-0.2, 0) is 4.79 Å². The number of fused-ring (bicyclic) bond motifs is 1. The predicted octanol–water partition coefficient (Wildman–Crippen LogP) is 1.06. The molecule has 2 fully saturated rings. The number of aromatic nitrogens is 1. The van der Waals surface area contributed by atoms with Crippen molar-refractivity contribution in [2.75, 3.05) is 18.8 Å². The Morgan fingerprint density at radius 1 is 1.48 bits per heavy atom. The Morgan fingerprint density at radius 2 is 2.29 bits per heavy atom. The molecule has 2 amide bonds. The third-order valence-electron chi connectivity index (χ3n) is 4.22. The van der Waals surface area contributed by atoms with E-state index in [2.05, 4.69) is 10.3 Å². The minimum atomic E-state index is -0.121. The number of halogens is 1. The van der Waals surface area contributed by atoms with E-state index in [0.29, 0.717) is 36.0 Å². The molecule has 7 heteroatoms. The van der Waals surface area contributed by atoms with Crippen molar-refractivity contribution in [1.29, 1.82) is 0 Å². The number of anilines is 1. The molecule has 0 aromatic carbocycles. The second-order valence-electron chi connectivity index (χ2n) is 5.60. The zero-order valence-electron chi connectivity index (χ0n) is 11.5. The van der Waals surface area contributed by atoms with Gasteiger partial charge in [0.2, 0.25) is 5.91 Å². The summed E-state index contributed by atoms with van der Waals surface area (Å²) in [5.74, 6) is 0.589. The highest BCUT2D eigenvalue weighted by Gasteiger charge is 2.35. The van der Waals surface area contributed by atoms with Crippen LogP contribution in [0.5, 0.6) is 0 Å². The number of piperidine rings is 2. The van der Waals surface area contributed by atoms with Crippen LogP contribution in [0.2, 0.25) is 5.02 Å². The molecule has 112 valence electrons. The van der Waals surface area contributed by atoms with Crippen molar-refractivity contribution in [3.8, 4) is 0 Å². The summed E-state index contributed by atoms with van der Waals surface area (Å²) in [5.41, 5.74) is 6.02. The van der Waals surface area contributed by atoms with Gasteiger partial charge in [-0.1, -0.05) is 11.6 Å². The number of hydrogen-bond donors (Lipinski definition) is 2. The van der Waals surface area contributed by atoms with E-state index in [0.717, 1.165) is 12.8 Å². The van der Waals surface area contributed by atoms with E-state index in [1.165, 1.54) is 12.3 Å². The van der Waals surface area contributed by atoms with E-state index in [9.17, 15) is 9.59 Å². The van der Waals surface area contributed by atoms with Crippen molar-refractivity contribution < 1.29 is 9.59 Å². The maximum atomic E-state index is 12.6. The summed E-state index contributed by atoms with van der Waals surface area (Å²) in [6.07, 6.45) is 3.54. The van der Waals surface area contributed by atoms with Crippen molar-refractivity contribution in [2.24, 2.45) is 5.92 Å². The molecular formula is C14H17ClN4O2. The average Bonchev–Trinajstić information content (AvgIpc) is 2.48. The summed E-state index contributed by atoms with van der Waals surface area (Å²) in [4.78, 5) is 29.6. The van der Waals surface area contributed by atoms with Crippen molar-refractivity contribution in [1.82, 2.24) is 15.2 Å². The molecule has 2 atom stereocenters. The first-order valence-corrected chi connectivity index (χ1v) is 7.42. The molecule has 0 spiro atoms. The van der Waals surface area contributed by atoms with Crippen molar-refractivity contribution in [3.63, 3.8) is 0 Å². The Balaban J connectivity index is 1.74. The maximum Gasteiger partial charge on any atom is 0.255 e. The topological polar surface area (TPSA) is 88.3 Å². The van der Waals surface area contributed by atoms with Gasteiger partial charge in [-0.2, -0.15) is 0 Å². The molecule has 2 aliphatic heterocycles. The molecule has 6 nitrogen and oxygen atoms in total. The number of pyridine rings is 1. The quantitative estimate of drug-likeness (QED) is 0.812. The summed E-state index contributed by atoms with van der Waals surface area (Å²) < 4.78 is 0. The molecule has 21 heavy (non-hydrogen) atoms. The zero-order chi connectivity index (χ0) is 15.0. The number of nitrogens with one attached hydrogen (secondary N) is 1. The van der Waals surface area contributed by atoms with Crippen LogP contribution >= 0.6 is 11.6 Å². The SMILES string of the molecule is Nc1cc(C(=O)N2CCC3NC(=O)CCC3C2)c(Cl)cn1. The first-order chi connectivity index (χ1) is 10.0. The van der Waals surface area contributed by atoms with E-state index < -0.39 is 0 Å². The van der Waals surface area contributed by atoms with Gasteiger partial charge in [0.05, 0.1) is 10.6 Å². The molecule has 0 bridgehead atoms. The van der Waals surface area contributed by atoms with E-state index in [1.807, 2.05) is 0 Å². The predicted molar refractivity (Wildman–Crippen MR) is 78.8 cm³/mol. The van der Waals surface area contributed by atoms with E-state index in [-0.39, 0.29) is 23.7 Å². The van der Waals surface area contributed by atoms with Crippen LogP contribution in [0, 0.1) is 5.92 Å². The van der Waals surface area contributed by atoms with Crippen LogP contribution < -0.4 is 11.1 Å². The second kappa shape index (κ2) is 5.52. The van der Waals surface area contributed by atoms with Crippen molar-refractivity contribution in [2.45, 2.75) is 25.3 Å². The summed E-state index contributed by atoms with van der Waals surface area (Å²) in [7, 11) is 0. The number of rotatable bonds is 1. The second-order valence-corrected chi connectivity index (χ2v) is 6.01. The molecular weight excluding hydrogens is 292 g/mol. The van der Waals surface area contributed by atoms with Crippen LogP contribution in [0.25, 0.3) is 0 Å². The highest BCUT2D eigenvalue weighted by atomic mass is 35.5. The number of likely N-dealkylation sites (tertiary alicyclic amines) is 1. The first-order valence-electron chi connectivity index (χ1n) is 7.04. The smallest absolute Gasteiger partial charge is 0.255 e. The lowest BCUT2D eigenvalue weighted by Crippen LogP contribution is -2.55. The maximum absolute atomic E-state index is 12.6. The molecule has 0 saturated carbocycles. The number of nitrogen functional groups attached to an aromatic ring is 1. The number of hydrogen-bond acceptors (Lipinski definition) is 4. The summed E-state index contributed by atoms with van der Waals surface area (Å²) >= 11 is 6.04. The summed E-state index contributed by atoms with van der Waals surface area (Å²) in [6, 6.07) is 1.70. The largest absolute Gasteiger partial charge is 0.384 e.